The molecule has 2 aliphatic heterocycles. The van der Waals surface area contributed by atoms with Crippen LogP contribution in [0.25, 0.3) is 11.1 Å². The van der Waals surface area contributed by atoms with E-state index in [-0.39, 0.29) is 0 Å². The Bertz CT molecular complexity index is 703. The highest BCUT2D eigenvalue weighted by Gasteiger charge is 2.30. The first-order chi connectivity index (χ1) is 11.2. The number of hydrogen-bond donors (Lipinski definition) is 0. The van der Waals surface area contributed by atoms with Crippen LogP contribution in [0.4, 0.5) is 0 Å². The van der Waals surface area contributed by atoms with Gasteiger partial charge in [0.05, 0.1) is 0 Å². The Morgan fingerprint density at radius 3 is 1.91 bits per heavy atom. The van der Waals surface area contributed by atoms with E-state index in [1.54, 1.807) is 0 Å². The number of halogens is 1. The molecule has 2 bridgehead atoms. The van der Waals surface area contributed by atoms with Crippen molar-refractivity contribution >= 4 is 22.7 Å². The number of fused-ring (bicyclic) bond motifs is 2. The third-order valence-electron chi connectivity index (χ3n) is 4.89. The molecule has 0 aromatic heterocycles. The zero-order valence-electron chi connectivity index (χ0n) is 13.3. The highest BCUT2D eigenvalue weighted by molar-refractivity contribution is 6.30. The lowest BCUT2D eigenvalue weighted by Crippen LogP contribution is -2.38. The first-order valence-corrected chi connectivity index (χ1v) is 8.54. The van der Waals surface area contributed by atoms with Crippen LogP contribution >= 0.6 is 11.6 Å². The highest BCUT2D eigenvalue weighted by atomic mass is 35.5. The van der Waals surface area contributed by atoms with Crippen molar-refractivity contribution in [2.75, 3.05) is 19.6 Å². The molecule has 0 saturated heterocycles. The predicted molar refractivity (Wildman–Crippen MR) is 98.5 cm³/mol. The fourth-order valence-corrected chi connectivity index (χ4v) is 3.74. The van der Waals surface area contributed by atoms with Crippen LogP contribution in [0.3, 0.4) is 0 Å². The van der Waals surface area contributed by atoms with Crippen molar-refractivity contribution in [3.8, 4) is 0 Å². The summed E-state index contributed by atoms with van der Waals surface area (Å²) in [5.41, 5.74) is 6.84. The van der Waals surface area contributed by atoms with E-state index < -0.39 is 0 Å². The SMILES string of the molecule is Cc1ccc(C2=CCN3CC=C(c4ccc(Cl)cc4)C2C3)cc1. The summed E-state index contributed by atoms with van der Waals surface area (Å²) in [4.78, 5) is 2.50. The van der Waals surface area contributed by atoms with Crippen molar-refractivity contribution in [2.24, 2.45) is 5.92 Å². The van der Waals surface area contributed by atoms with Crippen molar-refractivity contribution in [3.63, 3.8) is 0 Å². The summed E-state index contributed by atoms with van der Waals surface area (Å²) in [6.07, 6.45) is 4.79. The van der Waals surface area contributed by atoms with Crippen molar-refractivity contribution in [1.29, 1.82) is 0 Å². The molecule has 1 nitrogen and oxygen atoms in total. The van der Waals surface area contributed by atoms with Crippen LogP contribution in [-0.2, 0) is 0 Å². The average molecular weight is 322 g/mol. The van der Waals surface area contributed by atoms with Gasteiger partial charge in [-0.05, 0) is 41.3 Å². The molecule has 2 aliphatic rings. The first-order valence-electron chi connectivity index (χ1n) is 8.16. The van der Waals surface area contributed by atoms with Crippen LogP contribution in [0.1, 0.15) is 16.7 Å². The molecule has 116 valence electrons. The zero-order chi connectivity index (χ0) is 15.8. The summed E-state index contributed by atoms with van der Waals surface area (Å²) in [6, 6.07) is 17.2. The zero-order valence-corrected chi connectivity index (χ0v) is 14.1. The van der Waals surface area contributed by atoms with E-state index in [4.69, 9.17) is 11.6 Å². The molecule has 23 heavy (non-hydrogen) atoms. The number of rotatable bonds is 2. The molecule has 0 fully saturated rings. The van der Waals surface area contributed by atoms with Gasteiger partial charge in [-0.3, -0.25) is 4.90 Å². The fraction of sp³-hybridized carbons (Fsp3) is 0.238. The summed E-state index contributed by atoms with van der Waals surface area (Å²) in [5.74, 6) is 0.446. The van der Waals surface area contributed by atoms with Gasteiger partial charge in [-0.2, -0.15) is 0 Å². The van der Waals surface area contributed by atoms with E-state index in [0.29, 0.717) is 5.92 Å². The van der Waals surface area contributed by atoms with Gasteiger partial charge in [0.1, 0.15) is 0 Å². The van der Waals surface area contributed by atoms with Crippen molar-refractivity contribution in [3.05, 3.63) is 82.4 Å². The summed E-state index contributed by atoms with van der Waals surface area (Å²) in [5, 5.41) is 0.796. The average Bonchev–Trinajstić information content (AvgIpc) is 2.58. The second-order valence-corrected chi connectivity index (χ2v) is 6.90. The van der Waals surface area contributed by atoms with Gasteiger partial charge in [0, 0.05) is 30.6 Å². The number of benzene rings is 2. The summed E-state index contributed by atoms with van der Waals surface area (Å²) in [7, 11) is 0. The van der Waals surface area contributed by atoms with Gasteiger partial charge in [0.25, 0.3) is 0 Å². The summed E-state index contributed by atoms with van der Waals surface area (Å²) >= 11 is 6.06. The maximum atomic E-state index is 6.06. The van der Waals surface area contributed by atoms with Crippen molar-refractivity contribution in [1.82, 2.24) is 4.90 Å². The predicted octanol–water partition coefficient (Wildman–Crippen LogP) is 5.06. The molecule has 0 amide bonds. The minimum absolute atomic E-state index is 0.446. The minimum Gasteiger partial charge on any atom is -0.295 e. The van der Waals surface area contributed by atoms with Crippen LogP contribution in [0, 0.1) is 12.8 Å². The topological polar surface area (TPSA) is 3.24 Å². The Morgan fingerprint density at radius 1 is 0.826 bits per heavy atom. The standard InChI is InChI=1S/C21H20ClN/c1-15-2-4-16(5-3-15)19-10-12-23-13-11-20(21(19)14-23)17-6-8-18(22)9-7-17/h2-11,21H,12-14H2,1H3. The van der Waals surface area contributed by atoms with Gasteiger partial charge < -0.3 is 0 Å². The van der Waals surface area contributed by atoms with Gasteiger partial charge >= 0.3 is 0 Å². The normalized spacial score (nSPS) is 23.2. The largest absolute Gasteiger partial charge is 0.295 e. The van der Waals surface area contributed by atoms with E-state index in [9.17, 15) is 0 Å². The molecular weight excluding hydrogens is 302 g/mol. The molecule has 2 aromatic carbocycles. The highest BCUT2D eigenvalue weighted by Crippen LogP contribution is 2.40. The number of aryl methyl sites for hydroxylation is 1. The molecule has 2 heterocycles. The monoisotopic (exact) mass is 321 g/mol. The molecule has 2 heteroatoms. The summed E-state index contributed by atoms with van der Waals surface area (Å²) in [6.45, 7) is 5.32. The molecule has 0 aliphatic carbocycles. The third kappa shape index (κ3) is 2.87. The molecule has 0 saturated carbocycles. The Balaban J connectivity index is 1.73. The van der Waals surface area contributed by atoms with Gasteiger partial charge in [-0.25, -0.2) is 0 Å². The second kappa shape index (κ2) is 5.99. The molecule has 4 rings (SSSR count). The molecular formula is C21H20ClN. The Morgan fingerprint density at radius 2 is 1.35 bits per heavy atom. The van der Waals surface area contributed by atoms with Crippen LogP contribution in [0.2, 0.25) is 5.02 Å². The molecule has 0 N–H and O–H groups in total. The van der Waals surface area contributed by atoms with Gasteiger partial charge in [0.2, 0.25) is 0 Å². The smallest absolute Gasteiger partial charge is 0.0406 e. The second-order valence-electron chi connectivity index (χ2n) is 6.46. The quantitative estimate of drug-likeness (QED) is 0.747. The Hall–Kier alpha value is -1.83. The molecule has 2 atom stereocenters. The van der Waals surface area contributed by atoms with Crippen molar-refractivity contribution < 1.29 is 0 Å². The first kappa shape index (κ1) is 14.7. The lowest BCUT2D eigenvalue weighted by molar-refractivity contribution is 0.302. The van der Waals surface area contributed by atoms with E-state index in [2.05, 4.69) is 60.4 Å². The van der Waals surface area contributed by atoms with Crippen LogP contribution in [0.5, 0.6) is 0 Å². The van der Waals surface area contributed by atoms with E-state index in [1.807, 2.05) is 12.1 Å². The minimum atomic E-state index is 0.446. The molecule has 2 unspecified atom stereocenters. The third-order valence-corrected chi connectivity index (χ3v) is 5.14. The lowest BCUT2D eigenvalue weighted by Gasteiger charge is -2.38. The van der Waals surface area contributed by atoms with E-state index >= 15 is 0 Å². The summed E-state index contributed by atoms with van der Waals surface area (Å²) < 4.78 is 0. The van der Waals surface area contributed by atoms with Crippen LogP contribution < -0.4 is 0 Å². The lowest BCUT2D eigenvalue weighted by atomic mass is 9.79. The number of nitrogens with zero attached hydrogens (tertiary/aromatic N) is 1. The van der Waals surface area contributed by atoms with E-state index in [1.165, 1.54) is 27.8 Å². The Kier molecular flexibility index (Phi) is 3.84. The number of hydrogen-bond acceptors (Lipinski definition) is 1. The van der Waals surface area contributed by atoms with Crippen molar-refractivity contribution in [2.45, 2.75) is 6.92 Å². The maximum Gasteiger partial charge on any atom is 0.0406 e. The van der Waals surface area contributed by atoms with Crippen LogP contribution in [0.15, 0.2) is 60.7 Å². The van der Waals surface area contributed by atoms with Gasteiger partial charge in [-0.15, -0.1) is 0 Å². The molecule has 2 aromatic rings. The van der Waals surface area contributed by atoms with Crippen LogP contribution in [-0.4, -0.2) is 24.5 Å². The van der Waals surface area contributed by atoms with E-state index in [0.717, 1.165) is 24.7 Å². The molecule has 0 spiro atoms. The Labute approximate surface area is 142 Å². The van der Waals surface area contributed by atoms with Gasteiger partial charge in [0.15, 0.2) is 0 Å². The fourth-order valence-electron chi connectivity index (χ4n) is 3.61. The van der Waals surface area contributed by atoms with Gasteiger partial charge in [-0.1, -0.05) is 65.7 Å². The molecule has 0 radical (unpaired) electrons. The maximum absolute atomic E-state index is 6.06.